The van der Waals surface area contributed by atoms with Crippen LogP contribution >= 0.6 is 15.6 Å². The summed E-state index contributed by atoms with van der Waals surface area (Å²) in [6.45, 7) is 14.3. The second-order valence-electron chi connectivity index (χ2n) is 30.8. The zero-order valence-corrected chi connectivity index (χ0v) is 67.6. The summed E-state index contributed by atoms with van der Waals surface area (Å²) in [6.07, 6.45) is 57.0. The Kier molecular flexibility index (Phi) is 68.7. The molecule has 17 nitrogen and oxygen atoms in total. The van der Waals surface area contributed by atoms with Gasteiger partial charge in [-0.2, -0.15) is 0 Å². The van der Waals surface area contributed by atoms with E-state index in [0.29, 0.717) is 31.6 Å². The Morgan fingerprint density at radius 3 is 0.710 bits per heavy atom. The van der Waals surface area contributed by atoms with E-state index in [1.165, 1.54) is 212 Å². The zero-order valence-electron chi connectivity index (χ0n) is 65.8. The maximum atomic E-state index is 13.1. The molecule has 0 aliphatic rings. The molecule has 0 aromatic heterocycles. The first kappa shape index (κ1) is 98.1. The van der Waals surface area contributed by atoms with E-state index >= 15 is 0 Å². The number of ether oxygens (including phenoxy) is 4. The summed E-state index contributed by atoms with van der Waals surface area (Å²) in [6, 6.07) is 0. The highest BCUT2D eigenvalue weighted by molar-refractivity contribution is 7.47. The van der Waals surface area contributed by atoms with Crippen LogP contribution in [0, 0.1) is 23.7 Å². The minimum absolute atomic E-state index is 0.106. The Labute approximate surface area is 613 Å². The maximum absolute atomic E-state index is 13.1. The molecular weight excluding hydrogens is 1310 g/mol. The van der Waals surface area contributed by atoms with Crippen LogP contribution in [0.1, 0.15) is 415 Å². The largest absolute Gasteiger partial charge is 0.472 e. The number of carbonyl (C=O) groups excluding carboxylic acids is 4. The number of phosphoric ester groups is 2. The van der Waals surface area contributed by atoms with Gasteiger partial charge in [-0.15, -0.1) is 0 Å². The second kappa shape index (κ2) is 70.1. The van der Waals surface area contributed by atoms with Crippen molar-refractivity contribution in [2.45, 2.75) is 433 Å². The topological polar surface area (TPSA) is 237 Å². The lowest BCUT2D eigenvalue weighted by molar-refractivity contribution is -0.161. The number of aliphatic hydroxyl groups excluding tert-OH is 1. The second-order valence-corrected chi connectivity index (χ2v) is 33.7. The monoisotopic (exact) mass is 1470 g/mol. The van der Waals surface area contributed by atoms with Gasteiger partial charge in [-0.1, -0.05) is 364 Å². The average Bonchev–Trinajstić information content (AvgIpc) is 0.915. The molecule has 0 saturated heterocycles. The van der Waals surface area contributed by atoms with Crippen LogP contribution in [0.3, 0.4) is 0 Å². The van der Waals surface area contributed by atoms with E-state index in [9.17, 15) is 43.2 Å². The van der Waals surface area contributed by atoms with Gasteiger partial charge in [0.1, 0.15) is 19.3 Å². The molecule has 0 spiro atoms. The van der Waals surface area contributed by atoms with Crippen molar-refractivity contribution < 1.29 is 80.2 Å². The molecule has 0 aliphatic carbocycles. The molecule has 594 valence electrons. The third-order valence-corrected chi connectivity index (χ3v) is 21.1. The number of esters is 4. The number of carbonyl (C=O) groups is 4. The van der Waals surface area contributed by atoms with E-state index in [1.54, 1.807) is 0 Å². The standard InChI is InChI=1S/C81H158O17P2/c1-9-74(8)60-52-44-36-28-22-16-14-12-10-11-13-15-17-23-30-38-47-55-63-80(85)98-77(68-92-79(84)62-54-46-40-32-35-43-51-59-73(6)7)70-96-100(89,90)94-66-75(82)65-93-99(87,88)95-69-76(97-81(86)64-56-48-39-31-25-19-21-27-34-42-50-58-72(4)5)67-91-78(83)61-53-45-37-29-24-18-20-26-33-41-49-57-71(2)3/h71-77,82H,9-70H2,1-8H3,(H,87,88)(H,89,90)/t74?,75?,76-,77-/m1/s1. The third kappa shape index (κ3) is 73.0. The van der Waals surface area contributed by atoms with Crippen LogP contribution in [-0.4, -0.2) is 96.7 Å². The van der Waals surface area contributed by atoms with Crippen LogP contribution in [0.25, 0.3) is 0 Å². The van der Waals surface area contributed by atoms with Crippen molar-refractivity contribution in [3.05, 3.63) is 0 Å². The Balaban J connectivity index is 5.19. The number of unbranched alkanes of at least 4 members (excludes halogenated alkanes) is 43. The molecule has 0 radical (unpaired) electrons. The lowest BCUT2D eigenvalue weighted by Crippen LogP contribution is -2.30. The number of aliphatic hydroxyl groups is 1. The Hall–Kier alpha value is -1.94. The molecular formula is C81H158O17P2. The SMILES string of the molecule is CCC(C)CCCCCCCCCCCCCCCCCCCCC(=O)O[C@H](COC(=O)CCCCCCCCCC(C)C)COP(=O)(O)OCC(O)COP(=O)(O)OC[C@@H](COC(=O)CCCCCCCCCCCCCC(C)C)OC(=O)CCCCCCCCCCCCCC(C)C. The fraction of sp³-hybridized carbons (Fsp3) is 0.951. The number of hydrogen-bond donors (Lipinski definition) is 3. The fourth-order valence-corrected chi connectivity index (χ4v) is 14.0. The van der Waals surface area contributed by atoms with Gasteiger partial charge < -0.3 is 33.8 Å². The van der Waals surface area contributed by atoms with E-state index in [4.69, 9.17) is 37.0 Å². The highest BCUT2D eigenvalue weighted by Gasteiger charge is 2.30. The van der Waals surface area contributed by atoms with Gasteiger partial charge in [-0.25, -0.2) is 9.13 Å². The van der Waals surface area contributed by atoms with Crippen LogP contribution < -0.4 is 0 Å². The fourth-order valence-electron chi connectivity index (χ4n) is 12.4. The normalized spacial score (nSPS) is 14.3. The van der Waals surface area contributed by atoms with Crippen LogP contribution in [0.15, 0.2) is 0 Å². The highest BCUT2D eigenvalue weighted by Crippen LogP contribution is 2.45. The van der Waals surface area contributed by atoms with Gasteiger partial charge >= 0.3 is 39.5 Å². The first-order chi connectivity index (χ1) is 48.1. The molecule has 100 heavy (non-hydrogen) atoms. The van der Waals surface area contributed by atoms with E-state index < -0.39 is 97.5 Å². The number of hydrogen-bond acceptors (Lipinski definition) is 15. The molecule has 0 bridgehead atoms. The third-order valence-electron chi connectivity index (χ3n) is 19.2. The minimum atomic E-state index is -4.96. The Bertz CT molecular complexity index is 1960. The summed E-state index contributed by atoms with van der Waals surface area (Å²) in [7, 11) is -9.92. The molecule has 0 heterocycles. The molecule has 0 aromatic carbocycles. The number of phosphoric acid groups is 2. The van der Waals surface area contributed by atoms with Crippen molar-refractivity contribution >= 4 is 39.5 Å². The maximum Gasteiger partial charge on any atom is 0.472 e. The molecule has 3 N–H and O–H groups in total. The Morgan fingerprint density at radius 1 is 0.280 bits per heavy atom. The first-order valence-electron chi connectivity index (χ1n) is 41.7. The molecule has 0 aliphatic heterocycles. The first-order valence-corrected chi connectivity index (χ1v) is 44.7. The van der Waals surface area contributed by atoms with Crippen molar-refractivity contribution in [2.75, 3.05) is 39.6 Å². The van der Waals surface area contributed by atoms with Crippen LogP contribution in [0.5, 0.6) is 0 Å². The highest BCUT2D eigenvalue weighted by atomic mass is 31.2. The van der Waals surface area contributed by atoms with Crippen LogP contribution in [-0.2, 0) is 65.4 Å². The quantitative estimate of drug-likeness (QED) is 0.0222. The Morgan fingerprint density at radius 2 is 0.480 bits per heavy atom. The predicted molar refractivity (Wildman–Crippen MR) is 409 cm³/mol. The summed E-state index contributed by atoms with van der Waals surface area (Å²) in [5.74, 6) is 0.997. The van der Waals surface area contributed by atoms with E-state index in [2.05, 4.69) is 55.4 Å². The molecule has 6 atom stereocenters. The lowest BCUT2D eigenvalue weighted by atomic mass is 9.99. The minimum Gasteiger partial charge on any atom is -0.462 e. The van der Waals surface area contributed by atoms with Crippen molar-refractivity contribution in [2.24, 2.45) is 23.7 Å². The van der Waals surface area contributed by atoms with Crippen molar-refractivity contribution in [1.29, 1.82) is 0 Å². The van der Waals surface area contributed by atoms with E-state index in [1.807, 2.05) is 0 Å². The van der Waals surface area contributed by atoms with Gasteiger partial charge in [0.25, 0.3) is 0 Å². The van der Waals surface area contributed by atoms with E-state index in [0.717, 1.165) is 114 Å². The molecule has 0 aromatic rings. The van der Waals surface area contributed by atoms with Crippen LogP contribution in [0.2, 0.25) is 0 Å². The lowest BCUT2D eigenvalue weighted by Gasteiger charge is -2.21. The van der Waals surface area contributed by atoms with Gasteiger partial charge in [0.15, 0.2) is 12.2 Å². The van der Waals surface area contributed by atoms with Gasteiger partial charge in [0, 0.05) is 25.7 Å². The van der Waals surface area contributed by atoms with Crippen molar-refractivity contribution in [3.8, 4) is 0 Å². The van der Waals surface area contributed by atoms with Crippen molar-refractivity contribution in [1.82, 2.24) is 0 Å². The molecule has 0 saturated carbocycles. The molecule has 4 unspecified atom stereocenters. The molecule has 0 fully saturated rings. The molecule has 0 amide bonds. The predicted octanol–water partition coefficient (Wildman–Crippen LogP) is 24.0. The summed E-state index contributed by atoms with van der Waals surface area (Å²) in [5, 5.41) is 10.6. The van der Waals surface area contributed by atoms with Gasteiger partial charge in [0.2, 0.25) is 0 Å². The summed E-state index contributed by atoms with van der Waals surface area (Å²) < 4.78 is 68.7. The summed E-state index contributed by atoms with van der Waals surface area (Å²) in [5.41, 5.74) is 0. The molecule has 19 heteroatoms. The molecule has 0 rings (SSSR count). The summed E-state index contributed by atoms with van der Waals surface area (Å²) in [4.78, 5) is 73.0. The average molecular weight is 1470 g/mol. The summed E-state index contributed by atoms with van der Waals surface area (Å²) >= 11 is 0. The number of rotatable bonds is 78. The van der Waals surface area contributed by atoms with Gasteiger partial charge in [-0.3, -0.25) is 37.3 Å². The van der Waals surface area contributed by atoms with Gasteiger partial charge in [0.05, 0.1) is 26.4 Å². The van der Waals surface area contributed by atoms with Crippen molar-refractivity contribution in [3.63, 3.8) is 0 Å². The van der Waals surface area contributed by atoms with Gasteiger partial charge in [-0.05, 0) is 49.4 Å². The van der Waals surface area contributed by atoms with E-state index in [-0.39, 0.29) is 25.7 Å². The zero-order chi connectivity index (χ0) is 73.8. The smallest absolute Gasteiger partial charge is 0.462 e. The van der Waals surface area contributed by atoms with Crippen LogP contribution in [0.4, 0.5) is 0 Å².